The molecule has 2 rings (SSSR count). The molecule has 0 amide bonds. The molecule has 0 saturated carbocycles. The smallest absolute Gasteiger partial charge is 0.0938 e. The molecule has 4 heteroatoms. The van der Waals surface area contributed by atoms with E-state index in [1.807, 2.05) is 11.8 Å². The van der Waals surface area contributed by atoms with Gasteiger partial charge in [0.2, 0.25) is 0 Å². The van der Waals surface area contributed by atoms with Gasteiger partial charge in [-0.05, 0) is 12.5 Å². The summed E-state index contributed by atoms with van der Waals surface area (Å²) in [5.41, 5.74) is 8.16. The standard InChI is InChI=1S/C13H20N2O2/c1-9-2-4-10(5-3-9)11(6-14)15-7-12(16)13(17)8-15/h2-5,11-13,16-17H,6-8,14H2,1H3. The van der Waals surface area contributed by atoms with Crippen LogP contribution in [0.1, 0.15) is 17.2 Å². The van der Waals surface area contributed by atoms with E-state index in [1.165, 1.54) is 5.56 Å². The van der Waals surface area contributed by atoms with Crippen molar-refractivity contribution < 1.29 is 10.2 Å². The van der Waals surface area contributed by atoms with Gasteiger partial charge in [-0.2, -0.15) is 0 Å². The maximum absolute atomic E-state index is 9.57. The number of hydrogen-bond donors (Lipinski definition) is 3. The minimum atomic E-state index is -0.658. The number of nitrogens with zero attached hydrogens (tertiary/aromatic N) is 1. The van der Waals surface area contributed by atoms with Gasteiger partial charge in [-0.1, -0.05) is 29.8 Å². The fraction of sp³-hybridized carbons (Fsp3) is 0.538. The SMILES string of the molecule is Cc1ccc(C(CN)N2CC(O)C(O)C2)cc1. The van der Waals surface area contributed by atoms with Crippen molar-refractivity contribution in [1.29, 1.82) is 0 Å². The molecular weight excluding hydrogens is 216 g/mol. The predicted octanol–water partition coefficient (Wildman–Crippen LogP) is 0.0322. The van der Waals surface area contributed by atoms with Gasteiger partial charge in [-0.15, -0.1) is 0 Å². The van der Waals surface area contributed by atoms with E-state index >= 15 is 0 Å². The first-order valence-corrected chi connectivity index (χ1v) is 5.98. The Morgan fingerprint density at radius 2 is 1.76 bits per heavy atom. The maximum atomic E-state index is 9.57. The molecule has 4 nitrogen and oxygen atoms in total. The van der Waals surface area contributed by atoms with Crippen molar-refractivity contribution in [3.05, 3.63) is 35.4 Å². The van der Waals surface area contributed by atoms with Crippen LogP contribution in [0, 0.1) is 6.92 Å². The quantitative estimate of drug-likeness (QED) is 0.692. The molecule has 1 aliphatic heterocycles. The Labute approximate surface area is 102 Å². The molecule has 1 saturated heterocycles. The molecule has 1 fully saturated rings. The van der Waals surface area contributed by atoms with E-state index < -0.39 is 12.2 Å². The van der Waals surface area contributed by atoms with Crippen molar-refractivity contribution in [1.82, 2.24) is 4.90 Å². The number of nitrogens with two attached hydrogens (primary N) is 1. The first kappa shape index (κ1) is 12.5. The van der Waals surface area contributed by atoms with Crippen LogP contribution in [0.5, 0.6) is 0 Å². The van der Waals surface area contributed by atoms with E-state index in [4.69, 9.17) is 5.73 Å². The van der Waals surface area contributed by atoms with E-state index in [0.717, 1.165) is 5.56 Å². The Morgan fingerprint density at radius 3 is 2.24 bits per heavy atom. The minimum absolute atomic E-state index is 0.0717. The highest BCUT2D eigenvalue weighted by Crippen LogP contribution is 2.24. The molecule has 1 heterocycles. The topological polar surface area (TPSA) is 69.7 Å². The van der Waals surface area contributed by atoms with Gasteiger partial charge in [0.1, 0.15) is 0 Å². The molecule has 1 aromatic rings. The van der Waals surface area contributed by atoms with E-state index in [0.29, 0.717) is 19.6 Å². The van der Waals surface area contributed by atoms with Gasteiger partial charge in [-0.25, -0.2) is 0 Å². The molecule has 17 heavy (non-hydrogen) atoms. The Bertz CT molecular complexity index is 356. The minimum Gasteiger partial charge on any atom is -0.389 e. The molecule has 4 N–H and O–H groups in total. The van der Waals surface area contributed by atoms with Crippen molar-refractivity contribution in [3.8, 4) is 0 Å². The highest BCUT2D eigenvalue weighted by molar-refractivity contribution is 5.24. The van der Waals surface area contributed by atoms with Gasteiger partial charge < -0.3 is 15.9 Å². The molecule has 3 atom stereocenters. The number of aliphatic hydroxyl groups excluding tert-OH is 2. The first-order valence-electron chi connectivity index (χ1n) is 5.98. The molecule has 1 aliphatic rings. The van der Waals surface area contributed by atoms with E-state index in [2.05, 4.69) is 24.3 Å². The van der Waals surface area contributed by atoms with Crippen LogP contribution in [0.2, 0.25) is 0 Å². The number of likely N-dealkylation sites (tertiary alicyclic amines) is 1. The van der Waals surface area contributed by atoms with Crippen LogP contribution < -0.4 is 5.73 Å². The third-order valence-electron chi connectivity index (χ3n) is 3.41. The number of hydrogen-bond acceptors (Lipinski definition) is 4. The Balaban J connectivity index is 2.14. The van der Waals surface area contributed by atoms with Gasteiger partial charge in [0, 0.05) is 25.7 Å². The van der Waals surface area contributed by atoms with Gasteiger partial charge in [0.25, 0.3) is 0 Å². The van der Waals surface area contributed by atoms with Crippen LogP contribution in [0.4, 0.5) is 0 Å². The van der Waals surface area contributed by atoms with Gasteiger partial charge in [0.05, 0.1) is 12.2 Å². The summed E-state index contributed by atoms with van der Waals surface area (Å²) in [6, 6.07) is 8.30. The van der Waals surface area contributed by atoms with Gasteiger partial charge in [0.15, 0.2) is 0 Å². The Morgan fingerprint density at radius 1 is 1.24 bits per heavy atom. The summed E-state index contributed by atoms with van der Waals surface area (Å²) < 4.78 is 0. The van der Waals surface area contributed by atoms with E-state index in [1.54, 1.807) is 0 Å². The van der Waals surface area contributed by atoms with Crippen molar-refractivity contribution in [2.45, 2.75) is 25.2 Å². The zero-order valence-corrected chi connectivity index (χ0v) is 10.1. The summed E-state index contributed by atoms with van der Waals surface area (Å²) in [6.07, 6.45) is -1.32. The summed E-state index contributed by atoms with van der Waals surface area (Å²) in [4.78, 5) is 2.04. The monoisotopic (exact) mass is 236 g/mol. The third-order valence-corrected chi connectivity index (χ3v) is 3.41. The first-order chi connectivity index (χ1) is 8.11. The van der Waals surface area contributed by atoms with E-state index in [-0.39, 0.29) is 6.04 Å². The third kappa shape index (κ3) is 2.66. The molecule has 94 valence electrons. The van der Waals surface area contributed by atoms with Gasteiger partial charge in [-0.3, -0.25) is 4.90 Å². The molecule has 0 spiro atoms. The maximum Gasteiger partial charge on any atom is 0.0938 e. The van der Waals surface area contributed by atoms with Gasteiger partial charge >= 0.3 is 0 Å². The van der Waals surface area contributed by atoms with Crippen LogP contribution in [0.15, 0.2) is 24.3 Å². The highest BCUT2D eigenvalue weighted by Gasteiger charge is 2.33. The molecule has 0 radical (unpaired) electrons. The average Bonchev–Trinajstić information content (AvgIpc) is 2.63. The molecular formula is C13H20N2O2. The number of benzene rings is 1. The lowest BCUT2D eigenvalue weighted by Crippen LogP contribution is -2.32. The lowest BCUT2D eigenvalue weighted by atomic mass is 10.0. The second-order valence-electron chi connectivity index (χ2n) is 4.75. The summed E-state index contributed by atoms with van der Waals surface area (Å²) in [7, 11) is 0. The number of β-amino-alcohol motifs (C(OH)–C–C–N with tert-alkyl or cyclic N) is 2. The lowest BCUT2D eigenvalue weighted by Gasteiger charge is -2.26. The Kier molecular flexibility index (Phi) is 3.79. The largest absolute Gasteiger partial charge is 0.389 e. The lowest BCUT2D eigenvalue weighted by molar-refractivity contribution is 0.0572. The van der Waals surface area contributed by atoms with Crippen LogP contribution >= 0.6 is 0 Å². The zero-order chi connectivity index (χ0) is 12.4. The highest BCUT2D eigenvalue weighted by atomic mass is 16.3. The zero-order valence-electron chi connectivity index (χ0n) is 10.1. The normalized spacial score (nSPS) is 27.3. The Hall–Kier alpha value is -0.940. The second-order valence-corrected chi connectivity index (χ2v) is 4.75. The molecule has 1 aromatic carbocycles. The number of aliphatic hydroxyl groups is 2. The fourth-order valence-corrected chi connectivity index (χ4v) is 2.34. The summed E-state index contributed by atoms with van der Waals surface area (Å²) in [5.74, 6) is 0. The number of aryl methyl sites for hydroxylation is 1. The fourth-order valence-electron chi connectivity index (χ4n) is 2.34. The van der Waals surface area contributed by atoms with Crippen molar-refractivity contribution in [2.75, 3.05) is 19.6 Å². The molecule has 0 aliphatic carbocycles. The van der Waals surface area contributed by atoms with Crippen LogP contribution in [0.3, 0.4) is 0 Å². The van der Waals surface area contributed by atoms with E-state index in [9.17, 15) is 10.2 Å². The van der Waals surface area contributed by atoms with Crippen molar-refractivity contribution in [3.63, 3.8) is 0 Å². The molecule has 3 unspecified atom stereocenters. The van der Waals surface area contributed by atoms with Crippen LogP contribution in [0.25, 0.3) is 0 Å². The predicted molar refractivity (Wildman–Crippen MR) is 66.6 cm³/mol. The molecule has 0 bridgehead atoms. The van der Waals surface area contributed by atoms with Crippen LogP contribution in [-0.2, 0) is 0 Å². The van der Waals surface area contributed by atoms with Crippen LogP contribution in [-0.4, -0.2) is 47.0 Å². The number of rotatable bonds is 3. The average molecular weight is 236 g/mol. The summed E-state index contributed by atoms with van der Waals surface area (Å²) in [5, 5.41) is 19.1. The molecule has 0 aromatic heterocycles. The van der Waals surface area contributed by atoms with Crippen molar-refractivity contribution in [2.24, 2.45) is 5.73 Å². The second kappa shape index (κ2) is 5.14. The van der Waals surface area contributed by atoms with Crippen molar-refractivity contribution >= 4 is 0 Å². The summed E-state index contributed by atoms with van der Waals surface area (Å²) >= 11 is 0. The summed E-state index contributed by atoms with van der Waals surface area (Å²) in [6.45, 7) is 3.50.